The van der Waals surface area contributed by atoms with Crippen LogP contribution in [0, 0.1) is 11.8 Å². The molecule has 0 saturated heterocycles. The summed E-state index contributed by atoms with van der Waals surface area (Å²) in [5, 5.41) is 10.0. The van der Waals surface area contributed by atoms with Gasteiger partial charge in [-0.1, -0.05) is 54.6 Å². The van der Waals surface area contributed by atoms with Crippen molar-refractivity contribution in [3.8, 4) is 0 Å². The molecule has 1 unspecified atom stereocenters. The first-order chi connectivity index (χ1) is 10.7. The number of benzene rings is 1. The highest BCUT2D eigenvalue weighted by Crippen LogP contribution is 2.33. The van der Waals surface area contributed by atoms with Gasteiger partial charge in [-0.3, -0.25) is 4.79 Å². The van der Waals surface area contributed by atoms with Gasteiger partial charge in [-0.2, -0.15) is 0 Å². The van der Waals surface area contributed by atoms with Crippen LogP contribution >= 0.6 is 0 Å². The molecule has 118 valence electrons. The normalized spacial score (nSPS) is 25.5. The Kier molecular flexibility index (Phi) is 6.60. The van der Waals surface area contributed by atoms with Crippen molar-refractivity contribution in [1.82, 2.24) is 0 Å². The Balaban J connectivity index is 1.81. The molecule has 2 heteroatoms. The highest BCUT2D eigenvalue weighted by molar-refractivity contribution is 5.86. The smallest absolute Gasteiger partial charge is 0.142 e. The number of aryl methyl sites for hydroxylation is 1. The lowest BCUT2D eigenvalue weighted by molar-refractivity contribution is -0.120. The molecule has 1 aromatic carbocycles. The van der Waals surface area contributed by atoms with Gasteiger partial charge in [0.25, 0.3) is 0 Å². The van der Waals surface area contributed by atoms with Crippen molar-refractivity contribution in [3.05, 3.63) is 60.2 Å². The summed E-state index contributed by atoms with van der Waals surface area (Å²) < 4.78 is 0. The van der Waals surface area contributed by atoms with Gasteiger partial charge in [-0.05, 0) is 38.2 Å². The molecule has 1 fully saturated rings. The largest absolute Gasteiger partial charge is 0.392 e. The van der Waals surface area contributed by atoms with E-state index in [0.717, 1.165) is 25.7 Å². The SMILES string of the molecule is C/C=C\C[C@@H]1C(/C=C/CCCc2ccccc2)C(=O)C[C@@H]1O. The second-order valence-corrected chi connectivity index (χ2v) is 6.04. The number of aliphatic hydroxyl groups is 1. The van der Waals surface area contributed by atoms with E-state index in [-0.39, 0.29) is 17.6 Å². The molecule has 1 saturated carbocycles. The van der Waals surface area contributed by atoms with Crippen molar-refractivity contribution in [2.75, 3.05) is 0 Å². The average Bonchev–Trinajstić information content (AvgIpc) is 2.79. The molecule has 1 N–H and O–H groups in total. The van der Waals surface area contributed by atoms with E-state index in [1.165, 1.54) is 5.56 Å². The number of carbonyl (C=O) groups is 1. The quantitative estimate of drug-likeness (QED) is 0.608. The minimum absolute atomic E-state index is 0.0501. The zero-order valence-electron chi connectivity index (χ0n) is 13.3. The third-order valence-corrected chi connectivity index (χ3v) is 4.40. The fourth-order valence-electron chi connectivity index (χ4n) is 3.13. The summed E-state index contributed by atoms with van der Waals surface area (Å²) in [5.41, 5.74) is 1.36. The van der Waals surface area contributed by atoms with Gasteiger partial charge in [0.05, 0.1) is 6.10 Å². The number of unbranched alkanes of at least 4 members (excludes halogenated alkanes) is 1. The van der Waals surface area contributed by atoms with Crippen molar-refractivity contribution in [2.24, 2.45) is 11.8 Å². The van der Waals surface area contributed by atoms with Crippen LogP contribution in [0.25, 0.3) is 0 Å². The molecule has 0 aromatic heterocycles. The Morgan fingerprint density at radius 1 is 1.23 bits per heavy atom. The minimum atomic E-state index is -0.484. The third kappa shape index (κ3) is 4.67. The van der Waals surface area contributed by atoms with Crippen LogP contribution in [0.3, 0.4) is 0 Å². The van der Waals surface area contributed by atoms with E-state index in [1.807, 2.05) is 31.2 Å². The van der Waals surface area contributed by atoms with Gasteiger partial charge in [-0.25, -0.2) is 0 Å². The van der Waals surface area contributed by atoms with Gasteiger partial charge >= 0.3 is 0 Å². The topological polar surface area (TPSA) is 37.3 Å². The molecule has 2 nitrogen and oxygen atoms in total. The number of rotatable bonds is 7. The molecular weight excluding hydrogens is 272 g/mol. The molecule has 1 aliphatic carbocycles. The van der Waals surface area contributed by atoms with Crippen molar-refractivity contribution in [3.63, 3.8) is 0 Å². The number of allylic oxidation sites excluding steroid dienone is 4. The predicted molar refractivity (Wildman–Crippen MR) is 90.6 cm³/mol. The summed E-state index contributed by atoms with van der Waals surface area (Å²) in [5.74, 6) is 0.123. The van der Waals surface area contributed by atoms with E-state index < -0.39 is 6.10 Å². The Bertz CT molecular complexity index is 516. The molecule has 2 rings (SSSR count). The molecule has 0 aliphatic heterocycles. The summed E-state index contributed by atoms with van der Waals surface area (Å²) in [6.45, 7) is 1.97. The third-order valence-electron chi connectivity index (χ3n) is 4.40. The number of hydrogen-bond acceptors (Lipinski definition) is 2. The molecule has 3 atom stereocenters. The average molecular weight is 298 g/mol. The highest BCUT2D eigenvalue weighted by Gasteiger charge is 2.38. The van der Waals surface area contributed by atoms with Gasteiger partial charge < -0.3 is 5.11 Å². The van der Waals surface area contributed by atoms with E-state index >= 15 is 0 Å². The standard InChI is InChI=1S/C20H26O2/c1-2-3-13-17-18(20(22)15-19(17)21)14-9-5-8-12-16-10-6-4-7-11-16/h2-4,6-7,9-11,14,17-19,21H,5,8,12-13,15H2,1H3/b3-2-,14-9+/t17-,18?,19+/m1/s1. The summed E-state index contributed by atoms with van der Waals surface area (Å²) in [7, 11) is 0. The highest BCUT2D eigenvalue weighted by atomic mass is 16.3. The van der Waals surface area contributed by atoms with Crippen LogP contribution in [0.5, 0.6) is 0 Å². The molecule has 0 radical (unpaired) electrons. The van der Waals surface area contributed by atoms with E-state index in [2.05, 4.69) is 30.3 Å². The summed E-state index contributed by atoms with van der Waals surface area (Å²) in [6.07, 6.45) is 11.9. The van der Waals surface area contributed by atoms with Gasteiger partial charge in [-0.15, -0.1) is 0 Å². The zero-order chi connectivity index (χ0) is 15.8. The number of aliphatic hydroxyl groups excluding tert-OH is 1. The van der Waals surface area contributed by atoms with Gasteiger partial charge in [0.2, 0.25) is 0 Å². The molecule has 0 amide bonds. The van der Waals surface area contributed by atoms with Crippen LogP contribution in [0.2, 0.25) is 0 Å². The molecule has 0 spiro atoms. The van der Waals surface area contributed by atoms with Crippen molar-refractivity contribution < 1.29 is 9.90 Å². The maximum atomic E-state index is 12.0. The van der Waals surface area contributed by atoms with Gasteiger partial charge in [0.15, 0.2) is 0 Å². The first kappa shape index (κ1) is 16.7. The number of carbonyl (C=O) groups excluding carboxylic acids is 1. The number of ketones is 1. The fourth-order valence-corrected chi connectivity index (χ4v) is 3.13. The Morgan fingerprint density at radius 2 is 2.00 bits per heavy atom. The van der Waals surface area contributed by atoms with E-state index in [9.17, 15) is 9.90 Å². The summed E-state index contributed by atoms with van der Waals surface area (Å²) in [4.78, 5) is 12.0. The van der Waals surface area contributed by atoms with Crippen LogP contribution < -0.4 is 0 Å². The number of hydrogen-bond donors (Lipinski definition) is 1. The molecular formula is C20H26O2. The molecule has 1 aromatic rings. The zero-order valence-corrected chi connectivity index (χ0v) is 13.3. The van der Waals surface area contributed by atoms with Crippen molar-refractivity contribution in [1.29, 1.82) is 0 Å². The van der Waals surface area contributed by atoms with Crippen LogP contribution in [-0.2, 0) is 11.2 Å². The first-order valence-corrected chi connectivity index (χ1v) is 8.25. The minimum Gasteiger partial charge on any atom is -0.392 e. The van der Waals surface area contributed by atoms with E-state index in [0.29, 0.717) is 6.42 Å². The maximum Gasteiger partial charge on any atom is 0.142 e. The number of Topliss-reactive ketones (excluding diaryl/α,β-unsaturated/α-hetero) is 1. The lowest BCUT2D eigenvalue weighted by atomic mass is 9.90. The van der Waals surface area contributed by atoms with Crippen LogP contribution in [-0.4, -0.2) is 17.0 Å². The van der Waals surface area contributed by atoms with Gasteiger partial charge in [0, 0.05) is 18.3 Å². The van der Waals surface area contributed by atoms with Gasteiger partial charge in [0.1, 0.15) is 5.78 Å². The second-order valence-electron chi connectivity index (χ2n) is 6.04. The Labute approximate surface area is 133 Å². The molecule has 1 aliphatic rings. The molecule has 0 bridgehead atoms. The molecule has 22 heavy (non-hydrogen) atoms. The second kappa shape index (κ2) is 8.70. The maximum absolute atomic E-state index is 12.0. The Hall–Kier alpha value is -1.67. The Morgan fingerprint density at radius 3 is 2.73 bits per heavy atom. The monoisotopic (exact) mass is 298 g/mol. The van der Waals surface area contributed by atoms with Crippen LogP contribution in [0.15, 0.2) is 54.6 Å². The summed E-state index contributed by atoms with van der Waals surface area (Å²) in [6, 6.07) is 10.5. The lowest BCUT2D eigenvalue weighted by Gasteiger charge is -2.16. The predicted octanol–water partition coefficient (Wildman–Crippen LogP) is 4.10. The fraction of sp³-hybridized carbons (Fsp3) is 0.450. The van der Waals surface area contributed by atoms with Crippen molar-refractivity contribution >= 4 is 5.78 Å². The van der Waals surface area contributed by atoms with E-state index in [4.69, 9.17) is 0 Å². The van der Waals surface area contributed by atoms with E-state index in [1.54, 1.807) is 0 Å². The lowest BCUT2D eigenvalue weighted by Crippen LogP contribution is -2.18. The van der Waals surface area contributed by atoms with Crippen molar-refractivity contribution in [2.45, 2.75) is 45.1 Å². The first-order valence-electron chi connectivity index (χ1n) is 8.25. The molecule has 0 heterocycles. The van der Waals surface area contributed by atoms with Crippen LogP contribution in [0.4, 0.5) is 0 Å². The summed E-state index contributed by atoms with van der Waals surface area (Å²) >= 11 is 0. The van der Waals surface area contributed by atoms with Crippen LogP contribution in [0.1, 0.15) is 38.2 Å².